The van der Waals surface area contributed by atoms with E-state index in [-0.39, 0.29) is 0 Å². The number of nitrogens with zero attached hydrogens (tertiary/aromatic N) is 1. The fraction of sp³-hybridized carbons (Fsp3) is 1.00. The summed E-state index contributed by atoms with van der Waals surface area (Å²) in [7, 11) is 0. The zero-order chi connectivity index (χ0) is 12.0. The van der Waals surface area contributed by atoms with Crippen molar-refractivity contribution in [3.8, 4) is 0 Å². The van der Waals surface area contributed by atoms with Crippen LogP contribution in [0, 0.1) is 5.92 Å². The van der Waals surface area contributed by atoms with Gasteiger partial charge in [0.05, 0.1) is 0 Å². The van der Waals surface area contributed by atoms with E-state index in [4.69, 9.17) is 0 Å². The van der Waals surface area contributed by atoms with E-state index in [1.54, 1.807) is 0 Å². The van der Waals surface area contributed by atoms with Crippen LogP contribution in [-0.4, -0.2) is 36.6 Å². The number of nitrogens with one attached hydrogen (secondary N) is 1. The first-order valence-corrected chi connectivity index (χ1v) is 7.14. The van der Waals surface area contributed by atoms with Crippen molar-refractivity contribution >= 4 is 0 Å². The van der Waals surface area contributed by atoms with Crippen molar-refractivity contribution in [2.75, 3.05) is 19.6 Å². The lowest BCUT2D eigenvalue weighted by atomic mass is 10.0. The van der Waals surface area contributed by atoms with Crippen molar-refractivity contribution < 1.29 is 0 Å². The lowest BCUT2D eigenvalue weighted by molar-refractivity contribution is 0.177. The van der Waals surface area contributed by atoms with Crippen LogP contribution in [0.1, 0.15) is 53.4 Å². The molecule has 16 heavy (non-hydrogen) atoms. The minimum absolute atomic E-state index is 0.711. The average Bonchev–Trinajstić information content (AvgIpc) is 2.45. The van der Waals surface area contributed by atoms with Gasteiger partial charge in [-0.2, -0.15) is 0 Å². The van der Waals surface area contributed by atoms with E-state index in [1.807, 2.05) is 0 Å². The zero-order valence-electron chi connectivity index (χ0n) is 11.6. The van der Waals surface area contributed by atoms with Gasteiger partial charge in [0.1, 0.15) is 0 Å². The Hall–Kier alpha value is -0.0800. The van der Waals surface area contributed by atoms with E-state index in [0.29, 0.717) is 6.04 Å². The Balaban J connectivity index is 2.50. The highest BCUT2D eigenvalue weighted by molar-refractivity contribution is 4.81. The van der Waals surface area contributed by atoms with Crippen LogP contribution in [0.15, 0.2) is 0 Å². The van der Waals surface area contributed by atoms with Gasteiger partial charge < -0.3 is 5.32 Å². The molecule has 1 rings (SSSR count). The Morgan fingerprint density at radius 1 is 1.25 bits per heavy atom. The van der Waals surface area contributed by atoms with Gasteiger partial charge in [-0.05, 0) is 44.7 Å². The molecule has 1 N–H and O–H groups in total. The predicted molar refractivity (Wildman–Crippen MR) is 71.8 cm³/mol. The van der Waals surface area contributed by atoms with Crippen LogP contribution in [0.2, 0.25) is 0 Å². The molecule has 1 aliphatic heterocycles. The first-order chi connectivity index (χ1) is 7.67. The Bertz CT molecular complexity index is 176. The first kappa shape index (κ1) is 14.0. The standard InChI is InChI=1S/C14H30N2/c1-5-14(6-2)16-9-7-8-15-13(11-16)10-12(3)4/h12-15H,5-11H2,1-4H3. The van der Waals surface area contributed by atoms with Crippen LogP contribution in [0.25, 0.3) is 0 Å². The molecule has 2 heteroatoms. The molecule has 0 amide bonds. The average molecular weight is 226 g/mol. The molecule has 0 spiro atoms. The number of hydrogen-bond acceptors (Lipinski definition) is 2. The third kappa shape index (κ3) is 4.42. The van der Waals surface area contributed by atoms with Crippen LogP contribution in [0.5, 0.6) is 0 Å². The minimum Gasteiger partial charge on any atom is -0.313 e. The van der Waals surface area contributed by atoms with Crippen LogP contribution >= 0.6 is 0 Å². The van der Waals surface area contributed by atoms with Crippen molar-refractivity contribution in [1.82, 2.24) is 10.2 Å². The zero-order valence-corrected chi connectivity index (χ0v) is 11.6. The highest BCUT2D eigenvalue weighted by Gasteiger charge is 2.22. The third-order valence-electron chi connectivity index (χ3n) is 3.72. The summed E-state index contributed by atoms with van der Waals surface area (Å²) in [5.74, 6) is 0.805. The molecule has 1 saturated heterocycles. The smallest absolute Gasteiger partial charge is 0.0197 e. The maximum Gasteiger partial charge on any atom is 0.0197 e. The Kier molecular flexibility index (Phi) is 6.37. The summed E-state index contributed by atoms with van der Waals surface area (Å²) in [5, 5.41) is 3.70. The van der Waals surface area contributed by atoms with E-state index in [1.165, 1.54) is 45.3 Å². The highest BCUT2D eigenvalue weighted by Crippen LogP contribution is 2.15. The summed E-state index contributed by atoms with van der Waals surface area (Å²) in [5.41, 5.74) is 0. The molecule has 0 aromatic carbocycles. The lowest BCUT2D eigenvalue weighted by Gasteiger charge is -2.31. The monoisotopic (exact) mass is 226 g/mol. The normalized spacial score (nSPS) is 24.0. The van der Waals surface area contributed by atoms with Crippen molar-refractivity contribution in [3.63, 3.8) is 0 Å². The topological polar surface area (TPSA) is 15.3 Å². The Labute approximate surface area is 102 Å². The minimum atomic E-state index is 0.711. The fourth-order valence-electron chi connectivity index (χ4n) is 2.89. The molecule has 1 atom stereocenters. The summed E-state index contributed by atoms with van der Waals surface area (Å²) in [6.07, 6.45) is 5.22. The fourth-order valence-corrected chi connectivity index (χ4v) is 2.89. The third-order valence-corrected chi connectivity index (χ3v) is 3.72. The first-order valence-electron chi connectivity index (χ1n) is 7.14. The van der Waals surface area contributed by atoms with Crippen LogP contribution < -0.4 is 5.32 Å². The second-order valence-corrected chi connectivity index (χ2v) is 5.60. The largest absolute Gasteiger partial charge is 0.313 e. The molecular formula is C14H30N2. The molecule has 1 aliphatic rings. The van der Waals surface area contributed by atoms with Gasteiger partial charge in [0.25, 0.3) is 0 Å². The van der Waals surface area contributed by atoms with Gasteiger partial charge in [-0.1, -0.05) is 27.7 Å². The Morgan fingerprint density at radius 3 is 2.50 bits per heavy atom. The van der Waals surface area contributed by atoms with Gasteiger partial charge in [0.15, 0.2) is 0 Å². The molecule has 2 nitrogen and oxygen atoms in total. The molecule has 1 unspecified atom stereocenters. The van der Waals surface area contributed by atoms with Gasteiger partial charge in [0, 0.05) is 18.6 Å². The van der Waals surface area contributed by atoms with Crippen LogP contribution in [0.3, 0.4) is 0 Å². The molecule has 0 radical (unpaired) electrons. The predicted octanol–water partition coefficient (Wildman–Crippen LogP) is 2.89. The van der Waals surface area contributed by atoms with E-state index >= 15 is 0 Å². The number of rotatable bonds is 5. The number of hydrogen-bond donors (Lipinski definition) is 1. The molecule has 0 aliphatic carbocycles. The summed E-state index contributed by atoms with van der Waals surface area (Å²) in [6, 6.07) is 1.51. The van der Waals surface area contributed by atoms with E-state index < -0.39 is 0 Å². The molecule has 0 aromatic heterocycles. The van der Waals surface area contributed by atoms with Gasteiger partial charge >= 0.3 is 0 Å². The summed E-state index contributed by atoms with van der Waals surface area (Å²) >= 11 is 0. The van der Waals surface area contributed by atoms with E-state index in [0.717, 1.165) is 12.0 Å². The van der Waals surface area contributed by atoms with Crippen LogP contribution in [-0.2, 0) is 0 Å². The van der Waals surface area contributed by atoms with Crippen molar-refractivity contribution in [3.05, 3.63) is 0 Å². The lowest BCUT2D eigenvalue weighted by Crippen LogP contribution is -2.42. The van der Waals surface area contributed by atoms with Gasteiger partial charge in [0.2, 0.25) is 0 Å². The Morgan fingerprint density at radius 2 is 1.94 bits per heavy atom. The summed E-state index contributed by atoms with van der Waals surface area (Å²) < 4.78 is 0. The van der Waals surface area contributed by atoms with Crippen molar-refractivity contribution in [2.45, 2.75) is 65.5 Å². The van der Waals surface area contributed by atoms with Gasteiger partial charge in [-0.15, -0.1) is 0 Å². The second kappa shape index (κ2) is 7.29. The van der Waals surface area contributed by atoms with E-state index in [9.17, 15) is 0 Å². The maximum atomic E-state index is 3.70. The molecular weight excluding hydrogens is 196 g/mol. The quantitative estimate of drug-likeness (QED) is 0.775. The van der Waals surface area contributed by atoms with Crippen molar-refractivity contribution in [2.24, 2.45) is 5.92 Å². The van der Waals surface area contributed by atoms with Crippen LogP contribution in [0.4, 0.5) is 0 Å². The summed E-state index contributed by atoms with van der Waals surface area (Å²) in [4.78, 5) is 2.72. The molecule has 1 heterocycles. The van der Waals surface area contributed by atoms with Gasteiger partial charge in [-0.25, -0.2) is 0 Å². The van der Waals surface area contributed by atoms with E-state index in [2.05, 4.69) is 37.9 Å². The SMILES string of the molecule is CCC(CC)N1CCCNC(CC(C)C)C1. The summed E-state index contributed by atoms with van der Waals surface area (Å²) in [6.45, 7) is 13.0. The molecule has 0 saturated carbocycles. The molecule has 0 aromatic rings. The highest BCUT2D eigenvalue weighted by atomic mass is 15.2. The molecule has 0 bridgehead atoms. The van der Waals surface area contributed by atoms with Crippen molar-refractivity contribution in [1.29, 1.82) is 0 Å². The van der Waals surface area contributed by atoms with Gasteiger partial charge in [-0.3, -0.25) is 4.90 Å². The molecule has 96 valence electrons. The maximum absolute atomic E-state index is 3.70. The second-order valence-electron chi connectivity index (χ2n) is 5.60. The molecule has 1 fully saturated rings.